The van der Waals surface area contributed by atoms with Gasteiger partial charge < -0.3 is 10.2 Å². The van der Waals surface area contributed by atoms with Gasteiger partial charge in [0.15, 0.2) is 0 Å². The van der Waals surface area contributed by atoms with Crippen LogP contribution in [0.3, 0.4) is 0 Å². The normalized spacial score (nSPS) is 10.9. The van der Waals surface area contributed by atoms with Gasteiger partial charge >= 0.3 is 0 Å². The molecule has 0 amide bonds. The minimum absolute atomic E-state index is 0.560. The zero-order valence-corrected chi connectivity index (χ0v) is 9.47. The summed E-state index contributed by atoms with van der Waals surface area (Å²) >= 11 is 0. The number of benzene rings is 1. The van der Waals surface area contributed by atoms with Crippen molar-refractivity contribution in [1.82, 2.24) is 4.98 Å². The quantitative estimate of drug-likeness (QED) is 0.689. The molecular weight excluding hydrogens is 212 g/mol. The van der Waals surface area contributed by atoms with Crippen LogP contribution in [0.15, 0.2) is 47.0 Å². The molecule has 3 nitrogen and oxygen atoms in total. The van der Waals surface area contributed by atoms with E-state index in [1.807, 2.05) is 43.3 Å². The van der Waals surface area contributed by atoms with Crippen molar-refractivity contribution in [2.45, 2.75) is 6.92 Å². The number of hydrogen-bond acceptors (Lipinski definition) is 3. The van der Waals surface area contributed by atoms with Crippen LogP contribution in [-0.4, -0.2) is 4.98 Å². The minimum Gasteiger partial charge on any atom is -0.456 e. The molecule has 0 atom stereocenters. The van der Waals surface area contributed by atoms with Crippen molar-refractivity contribution in [2.75, 3.05) is 5.73 Å². The summed E-state index contributed by atoms with van der Waals surface area (Å²) in [6.45, 7) is 1.94. The van der Waals surface area contributed by atoms with Crippen LogP contribution >= 0.6 is 0 Å². The molecule has 0 fully saturated rings. The third-order valence-electron chi connectivity index (χ3n) is 2.83. The minimum atomic E-state index is 0.560. The maximum Gasteiger partial charge on any atom is 0.136 e. The van der Waals surface area contributed by atoms with Crippen molar-refractivity contribution in [2.24, 2.45) is 0 Å². The maximum absolute atomic E-state index is 5.77. The van der Waals surface area contributed by atoms with Crippen LogP contribution in [0.5, 0.6) is 0 Å². The van der Waals surface area contributed by atoms with Gasteiger partial charge in [-0.15, -0.1) is 0 Å². The molecule has 3 aromatic rings. The van der Waals surface area contributed by atoms with Crippen molar-refractivity contribution in [3.05, 3.63) is 48.2 Å². The predicted octanol–water partition coefficient (Wildman–Crippen LogP) is 3.39. The van der Waals surface area contributed by atoms with Crippen LogP contribution in [0.25, 0.3) is 22.3 Å². The Kier molecular flexibility index (Phi) is 2.11. The molecule has 0 bridgehead atoms. The lowest BCUT2D eigenvalue weighted by Crippen LogP contribution is -1.93. The molecule has 3 heteroatoms. The van der Waals surface area contributed by atoms with Crippen LogP contribution in [0.1, 0.15) is 5.56 Å². The zero-order chi connectivity index (χ0) is 11.8. The van der Waals surface area contributed by atoms with Gasteiger partial charge in [-0.2, -0.15) is 0 Å². The first kappa shape index (κ1) is 9.90. The molecule has 0 aliphatic heterocycles. The summed E-state index contributed by atoms with van der Waals surface area (Å²) in [5.74, 6) is 1.38. The van der Waals surface area contributed by atoms with Crippen molar-refractivity contribution in [3.8, 4) is 11.3 Å². The molecule has 0 saturated carbocycles. The summed E-state index contributed by atoms with van der Waals surface area (Å²) < 4.78 is 5.77. The molecule has 17 heavy (non-hydrogen) atoms. The molecule has 0 aliphatic rings. The number of nitrogen functional groups attached to an aromatic ring is 1. The molecule has 0 saturated heterocycles. The number of hydrogen-bond donors (Lipinski definition) is 1. The number of fused-ring (bicyclic) bond motifs is 1. The van der Waals surface area contributed by atoms with Crippen LogP contribution < -0.4 is 5.73 Å². The Labute approximate surface area is 98.9 Å². The topological polar surface area (TPSA) is 52.0 Å². The van der Waals surface area contributed by atoms with E-state index in [4.69, 9.17) is 10.2 Å². The fourth-order valence-corrected chi connectivity index (χ4v) is 1.84. The van der Waals surface area contributed by atoms with Gasteiger partial charge in [0.05, 0.1) is 0 Å². The number of furan rings is 1. The number of pyridine rings is 1. The smallest absolute Gasteiger partial charge is 0.136 e. The van der Waals surface area contributed by atoms with E-state index >= 15 is 0 Å². The first-order valence-electron chi connectivity index (χ1n) is 5.45. The Morgan fingerprint density at radius 2 is 2.00 bits per heavy atom. The number of nitrogens with two attached hydrogens (primary N) is 1. The number of aryl methyl sites for hydroxylation is 1. The van der Waals surface area contributed by atoms with Gasteiger partial charge in [0.2, 0.25) is 0 Å². The number of nitrogens with zero attached hydrogens (tertiary/aromatic N) is 1. The Balaban J connectivity index is 2.17. The van der Waals surface area contributed by atoms with E-state index in [-0.39, 0.29) is 0 Å². The Hall–Kier alpha value is -2.29. The fourth-order valence-electron chi connectivity index (χ4n) is 1.84. The highest BCUT2D eigenvalue weighted by Gasteiger charge is 2.07. The lowest BCUT2D eigenvalue weighted by atomic mass is 10.1. The largest absolute Gasteiger partial charge is 0.456 e. The third-order valence-corrected chi connectivity index (χ3v) is 2.83. The SMILES string of the molecule is Cc1cc(-c2cc3ccccc3o2)cnc1N. The molecule has 0 radical (unpaired) electrons. The lowest BCUT2D eigenvalue weighted by molar-refractivity contribution is 0.631. The first-order valence-corrected chi connectivity index (χ1v) is 5.45. The molecule has 2 N–H and O–H groups in total. The Morgan fingerprint density at radius 3 is 2.76 bits per heavy atom. The first-order chi connectivity index (χ1) is 8.24. The molecule has 3 rings (SSSR count). The molecular formula is C14H12N2O. The van der Waals surface area contributed by atoms with Crippen LogP contribution in [0, 0.1) is 6.92 Å². The average molecular weight is 224 g/mol. The third kappa shape index (κ3) is 1.65. The van der Waals surface area contributed by atoms with E-state index in [1.165, 1.54) is 0 Å². The van der Waals surface area contributed by atoms with Gasteiger partial charge in [0, 0.05) is 17.1 Å². The van der Waals surface area contributed by atoms with Crippen LogP contribution in [0.2, 0.25) is 0 Å². The second-order valence-corrected chi connectivity index (χ2v) is 4.07. The van der Waals surface area contributed by atoms with E-state index in [9.17, 15) is 0 Å². The molecule has 2 aromatic heterocycles. The van der Waals surface area contributed by atoms with Gasteiger partial charge in [-0.25, -0.2) is 4.98 Å². The van der Waals surface area contributed by atoms with Crippen molar-refractivity contribution < 1.29 is 4.42 Å². The van der Waals surface area contributed by atoms with Gasteiger partial charge in [0.1, 0.15) is 17.2 Å². The number of aromatic nitrogens is 1. The van der Waals surface area contributed by atoms with E-state index in [2.05, 4.69) is 4.98 Å². The highest BCUT2D eigenvalue weighted by Crippen LogP contribution is 2.28. The van der Waals surface area contributed by atoms with Gasteiger partial charge in [-0.3, -0.25) is 0 Å². The van der Waals surface area contributed by atoms with Crippen molar-refractivity contribution >= 4 is 16.8 Å². The Morgan fingerprint density at radius 1 is 1.18 bits per heavy atom. The molecule has 0 aliphatic carbocycles. The van der Waals surface area contributed by atoms with Crippen molar-refractivity contribution in [1.29, 1.82) is 0 Å². The summed E-state index contributed by atoms with van der Waals surface area (Å²) in [7, 11) is 0. The lowest BCUT2D eigenvalue weighted by Gasteiger charge is -2.00. The van der Waals surface area contributed by atoms with E-state index in [0.717, 1.165) is 27.9 Å². The maximum atomic E-state index is 5.77. The number of anilines is 1. The summed E-state index contributed by atoms with van der Waals surface area (Å²) in [5.41, 5.74) is 8.50. The van der Waals surface area contributed by atoms with Crippen molar-refractivity contribution in [3.63, 3.8) is 0 Å². The highest BCUT2D eigenvalue weighted by atomic mass is 16.3. The zero-order valence-electron chi connectivity index (χ0n) is 9.47. The van der Waals surface area contributed by atoms with E-state index < -0.39 is 0 Å². The van der Waals surface area contributed by atoms with E-state index in [1.54, 1.807) is 6.20 Å². The molecule has 1 aromatic carbocycles. The van der Waals surface area contributed by atoms with Gasteiger partial charge in [-0.1, -0.05) is 18.2 Å². The Bertz CT molecular complexity index is 653. The number of rotatable bonds is 1. The van der Waals surface area contributed by atoms with Crippen LogP contribution in [-0.2, 0) is 0 Å². The standard InChI is InChI=1S/C14H12N2O/c1-9-6-11(8-16-14(9)15)13-7-10-4-2-3-5-12(10)17-13/h2-8H,1H3,(H2,15,16). The highest BCUT2D eigenvalue weighted by molar-refractivity contribution is 5.82. The monoisotopic (exact) mass is 224 g/mol. The van der Waals surface area contributed by atoms with Gasteiger partial charge in [0.25, 0.3) is 0 Å². The molecule has 2 heterocycles. The predicted molar refractivity (Wildman–Crippen MR) is 68.6 cm³/mol. The van der Waals surface area contributed by atoms with Crippen LogP contribution in [0.4, 0.5) is 5.82 Å². The summed E-state index contributed by atoms with van der Waals surface area (Å²) in [4.78, 5) is 4.14. The second-order valence-electron chi connectivity index (χ2n) is 4.07. The average Bonchev–Trinajstić information content (AvgIpc) is 2.76. The van der Waals surface area contributed by atoms with Gasteiger partial charge in [-0.05, 0) is 30.7 Å². The number of para-hydroxylation sites is 1. The summed E-state index contributed by atoms with van der Waals surface area (Å²) in [6.07, 6.45) is 1.74. The summed E-state index contributed by atoms with van der Waals surface area (Å²) in [6, 6.07) is 11.9. The fraction of sp³-hybridized carbons (Fsp3) is 0.0714. The van der Waals surface area contributed by atoms with E-state index in [0.29, 0.717) is 5.82 Å². The molecule has 84 valence electrons. The molecule has 0 unspecified atom stereocenters. The summed E-state index contributed by atoms with van der Waals surface area (Å²) in [5, 5.41) is 1.09. The second kappa shape index (κ2) is 3.63. The molecule has 0 spiro atoms.